The number of amides is 2. The number of hydrogen-bond acceptors (Lipinski definition) is 2. The number of carbonyl (C=O) groups excluding carboxylic acids is 1. The van der Waals surface area contributed by atoms with Crippen molar-refractivity contribution in [2.45, 2.75) is 39.0 Å². The standard InChI is InChI=1S/C13H22N2O3/c1-9-2-3-10(6-9)7-14-12(18)15-8-13(4-5-13)11(16)17/h9-10H,2-8H2,1H3,(H,16,17)(H2,14,15,18). The Morgan fingerprint density at radius 2 is 2.00 bits per heavy atom. The molecule has 0 aromatic carbocycles. The summed E-state index contributed by atoms with van der Waals surface area (Å²) in [5, 5.41) is 14.5. The quantitative estimate of drug-likeness (QED) is 0.697. The molecule has 2 atom stereocenters. The summed E-state index contributed by atoms with van der Waals surface area (Å²) in [6, 6.07) is -0.234. The van der Waals surface area contributed by atoms with Crippen LogP contribution in [-0.2, 0) is 4.79 Å². The van der Waals surface area contributed by atoms with Gasteiger partial charge in [-0.3, -0.25) is 4.79 Å². The van der Waals surface area contributed by atoms with Gasteiger partial charge in [0.1, 0.15) is 0 Å². The van der Waals surface area contributed by atoms with Gasteiger partial charge in [-0.15, -0.1) is 0 Å². The van der Waals surface area contributed by atoms with Crippen LogP contribution in [0.4, 0.5) is 4.79 Å². The van der Waals surface area contributed by atoms with Crippen molar-refractivity contribution in [3.8, 4) is 0 Å². The first-order valence-corrected chi connectivity index (χ1v) is 6.77. The molecule has 2 saturated carbocycles. The Labute approximate surface area is 107 Å². The molecule has 5 nitrogen and oxygen atoms in total. The van der Waals surface area contributed by atoms with Crippen LogP contribution >= 0.6 is 0 Å². The lowest BCUT2D eigenvalue weighted by Gasteiger charge is -2.14. The molecule has 0 radical (unpaired) electrons. The second-order valence-corrected chi connectivity index (χ2v) is 5.93. The van der Waals surface area contributed by atoms with Crippen LogP contribution in [0, 0.1) is 17.3 Å². The van der Waals surface area contributed by atoms with Crippen molar-refractivity contribution < 1.29 is 14.7 Å². The maximum atomic E-state index is 11.6. The summed E-state index contributed by atoms with van der Waals surface area (Å²) < 4.78 is 0. The van der Waals surface area contributed by atoms with Crippen molar-refractivity contribution >= 4 is 12.0 Å². The van der Waals surface area contributed by atoms with Crippen LogP contribution < -0.4 is 10.6 Å². The molecule has 5 heteroatoms. The fraction of sp³-hybridized carbons (Fsp3) is 0.846. The molecule has 0 aromatic heterocycles. The highest BCUT2D eigenvalue weighted by Gasteiger charge is 2.50. The highest BCUT2D eigenvalue weighted by atomic mass is 16.4. The van der Waals surface area contributed by atoms with Crippen molar-refractivity contribution in [3.05, 3.63) is 0 Å². The van der Waals surface area contributed by atoms with E-state index in [9.17, 15) is 9.59 Å². The van der Waals surface area contributed by atoms with Crippen LogP contribution in [0.1, 0.15) is 39.0 Å². The van der Waals surface area contributed by atoms with E-state index in [1.54, 1.807) is 0 Å². The minimum atomic E-state index is -0.799. The topological polar surface area (TPSA) is 78.4 Å². The van der Waals surface area contributed by atoms with Gasteiger partial charge in [-0.25, -0.2) is 4.79 Å². The van der Waals surface area contributed by atoms with Crippen molar-refractivity contribution in [3.63, 3.8) is 0 Å². The molecule has 0 aromatic rings. The molecule has 2 fully saturated rings. The molecule has 0 saturated heterocycles. The maximum Gasteiger partial charge on any atom is 0.314 e. The number of urea groups is 1. The number of carboxylic acid groups (broad SMARTS) is 1. The molecule has 2 amide bonds. The minimum absolute atomic E-state index is 0.234. The Hall–Kier alpha value is -1.26. The fourth-order valence-corrected chi connectivity index (χ4v) is 2.68. The lowest BCUT2D eigenvalue weighted by Crippen LogP contribution is -2.42. The first-order chi connectivity index (χ1) is 8.52. The van der Waals surface area contributed by atoms with Crippen LogP contribution in [0.15, 0.2) is 0 Å². The number of aliphatic carboxylic acids is 1. The predicted octanol–water partition coefficient (Wildman–Crippen LogP) is 1.59. The summed E-state index contributed by atoms with van der Waals surface area (Å²) in [7, 11) is 0. The summed E-state index contributed by atoms with van der Waals surface area (Å²) in [6.07, 6.45) is 4.95. The Bertz CT molecular complexity index is 339. The molecule has 2 aliphatic rings. The van der Waals surface area contributed by atoms with E-state index in [1.807, 2.05) is 0 Å². The van der Waals surface area contributed by atoms with Gasteiger partial charge >= 0.3 is 12.0 Å². The van der Waals surface area contributed by atoms with Crippen molar-refractivity contribution in [1.82, 2.24) is 10.6 Å². The van der Waals surface area contributed by atoms with E-state index in [0.717, 1.165) is 5.92 Å². The highest BCUT2D eigenvalue weighted by molar-refractivity contribution is 5.80. The van der Waals surface area contributed by atoms with Gasteiger partial charge in [0, 0.05) is 13.1 Å². The summed E-state index contributed by atoms with van der Waals surface area (Å²) in [5.74, 6) is 0.550. The summed E-state index contributed by atoms with van der Waals surface area (Å²) in [6.45, 7) is 3.19. The van der Waals surface area contributed by atoms with Crippen molar-refractivity contribution in [2.75, 3.05) is 13.1 Å². The molecule has 3 N–H and O–H groups in total. The largest absolute Gasteiger partial charge is 0.481 e. The van der Waals surface area contributed by atoms with Crippen LogP contribution in [0.2, 0.25) is 0 Å². The Kier molecular flexibility index (Phi) is 3.78. The molecular weight excluding hydrogens is 232 g/mol. The molecule has 2 unspecified atom stereocenters. The zero-order valence-corrected chi connectivity index (χ0v) is 10.9. The molecular formula is C13H22N2O3. The second kappa shape index (κ2) is 5.16. The molecule has 0 heterocycles. The summed E-state index contributed by atoms with van der Waals surface area (Å²) >= 11 is 0. The minimum Gasteiger partial charge on any atom is -0.481 e. The third kappa shape index (κ3) is 3.15. The van der Waals surface area contributed by atoms with Gasteiger partial charge in [0.15, 0.2) is 0 Å². The normalized spacial score (nSPS) is 28.7. The Morgan fingerprint density at radius 3 is 2.50 bits per heavy atom. The molecule has 18 heavy (non-hydrogen) atoms. The Morgan fingerprint density at radius 1 is 1.28 bits per heavy atom. The lowest BCUT2D eigenvalue weighted by molar-refractivity contribution is -0.143. The zero-order valence-electron chi connectivity index (χ0n) is 10.9. The van der Waals surface area contributed by atoms with E-state index < -0.39 is 11.4 Å². The van der Waals surface area contributed by atoms with Gasteiger partial charge in [0.25, 0.3) is 0 Å². The zero-order chi connectivity index (χ0) is 13.2. The van der Waals surface area contributed by atoms with E-state index in [1.165, 1.54) is 19.3 Å². The molecule has 0 bridgehead atoms. The Balaban J connectivity index is 1.62. The van der Waals surface area contributed by atoms with Crippen LogP contribution in [0.25, 0.3) is 0 Å². The predicted molar refractivity (Wildman–Crippen MR) is 67.2 cm³/mol. The average molecular weight is 254 g/mol. The average Bonchev–Trinajstić information content (AvgIpc) is 3.02. The first kappa shape index (κ1) is 13.2. The summed E-state index contributed by atoms with van der Waals surface area (Å²) in [4.78, 5) is 22.5. The first-order valence-electron chi connectivity index (χ1n) is 6.77. The number of carboxylic acids is 1. The van der Waals surface area contributed by atoms with Gasteiger partial charge in [-0.2, -0.15) is 0 Å². The van der Waals surface area contributed by atoms with Crippen LogP contribution in [-0.4, -0.2) is 30.2 Å². The molecule has 102 valence electrons. The van der Waals surface area contributed by atoms with Gasteiger partial charge in [0.2, 0.25) is 0 Å². The van der Waals surface area contributed by atoms with E-state index in [4.69, 9.17) is 5.11 Å². The van der Waals surface area contributed by atoms with E-state index in [2.05, 4.69) is 17.6 Å². The SMILES string of the molecule is CC1CCC(CNC(=O)NCC2(C(=O)O)CC2)C1. The highest BCUT2D eigenvalue weighted by Crippen LogP contribution is 2.45. The molecule has 2 aliphatic carbocycles. The number of rotatable bonds is 5. The van der Waals surface area contributed by atoms with Gasteiger partial charge < -0.3 is 15.7 Å². The van der Waals surface area contributed by atoms with Gasteiger partial charge in [-0.05, 0) is 37.5 Å². The smallest absolute Gasteiger partial charge is 0.314 e. The molecule has 2 rings (SSSR count). The van der Waals surface area contributed by atoms with E-state index in [0.29, 0.717) is 25.3 Å². The maximum absolute atomic E-state index is 11.6. The van der Waals surface area contributed by atoms with E-state index >= 15 is 0 Å². The van der Waals surface area contributed by atoms with Crippen LogP contribution in [0.3, 0.4) is 0 Å². The number of hydrogen-bond donors (Lipinski definition) is 3. The van der Waals surface area contributed by atoms with Crippen molar-refractivity contribution in [2.24, 2.45) is 17.3 Å². The summed E-state index contributed by atoms with van der Waals surface area (Å²) in [5.41, 5.74) is -0.681. The van der Waals surface area contributed by atoms with Crippen LogP contribution in [0.5, 0.6) is 0 Å². The monoisotopic (exact) mass is 254 g/mol. The van der Waals surface area contributed by atoms with Crippen molar-refractivity contribution in [1.29, 1.82) is 0 Å². The number of nitrogens with one attached hydrogen (secondary N) is 2. The molecule has 0 spiro atoms. The van der Waals surface area contributed by atoms with Gasteiger partial charge in [-0.1, -0.05) is 13.3 Å². The second-order valence-electron chi connectivity index (χ2n) is 5.93. The molecule has 0 aliphatic heterocycles. The third-order valence-corrected chi connectivity index (χ3v) is 4.25. The van der Waals surface area contributed by atoms with Gasteiger partial charge in [0.05, 0.1) is 5.41 Å². The fourth-order valence-electron chi connectivity index (χ4n) is 2.68. The van der Waals surface area contributed by atoms with E-state index in [-0.39, 0.29) is 12.6 Å². The number of carbonyl (C=O) groups is 2. The lowest BCUT2D eigenvalue weighted by atomic mass is 10.1. The third-order valence-electron chi connectivity index (χ3n) is 4.25.